The van der Waals surface area contributed by atoms with Crippen LogP contribution in [-0.4, -0.2) is 143 Å². The number of likely N-dealkylation sites (tertiary alicyclic amines) is 2. The largest absolute Gasteiger partial charge is 0.369 e. The number of nitrogens with one attached hydrogen (secondary N) is 1. The summed E-state index contributed by atoms with van der Waals surface area (Å²) in [6.07, 6.45) is 4.44. The van der Waals surface area contributed by atoms with Crippen molar-refractivity contribution in [2.24, 2.45) is 38.1 Å². The molecule has 6 atom stereocenters. The van der Waals surface area contributed by atoms with Gasteiger partial charge in [-0.15, -0.1) is 56.7 Å². The van der Waals surface area contributed by atoms with E-state index in [1.165, 1.54) is 34.5 Å². The molecule has 6 aromatic carbocycles. The number of aryl methyl sites for hydroxylation is 1. The average molecular weight is 1620 g/mol. The minimum Gasteiger partial charge on any atom is -0.369 e. The maximum atomic E-state index is 13.6. The molecule has 1 unspecified atom stereocenters. The first-order valence-corrected chi connectivity index (χ1v) is 42.1. The van der Waals surface area contributed by atoms with Gasteiger partial charge in [-0.2, -0.15) is 10.5 Å². The van der Waals surface area contributed by atoms with E-state index in [1.807, 2.05) is 127 Å². The highest BCUT2D eigenvalue weighted by atomic mass is 32.1. The molecule has 10 heterocycles. The summed E-state index contributed by atoms with van der Waals surface area (Å²) in [7, 11) is 8.48. The van der Waals surface area contributed by atoms with E-state index < -0.39 is 28.3 Å². The Morgan fingerprint density at radius 1 is 0.574 bits per heavy atom. The fraction of sp³-hybridized carbons (Fsp3) is 0.281. The van der Waals surface area contributed by atoms with E-state index in [9.17, 15) is 39.3 Å². The van der Waals surface area contributed by atoms with E-state index in [0.29, 0.717) is 66.9 Å². The summed E-state index contributed by atoms with van der Waals surface area (Å²) in [5.41, 5.74) is 27.0. The normalized spacial score (nSPS) is 22.0. The molecule has 26 heteroatoms. The minimum atomic E-state index is -0.840. The number of nitrogens with two attached hydrogens (primary N) is 3. The lowest BCUT2D eigenvalue weighted by Gasteiger charge is -2.40. The Morgan fingerprint density at radius 3 is 1.58 bits per heavy atom. The van der Waals surface area contributed by atoms with Crippen molar-refractivity contribution in [3.63, 3.8) is 0 Å². The number of amidine groups is 1. The molecule has 2 fully saturated rings. The maximum Gasteiger partial charge on any atom is 0.253 e. The molecule has 1 aliphatic carbocycles. The Morgan fingerprint density at radius 2 is 1.07 bits per heavy atom. The van der Waals surface area contributed by atoms with Crippen LogP contribution in [0.25, 0.3) is 53.6 Å². The molecule has 6 amide bonds. The first-order chi connectivity index (χ1) is 55.0. The highest BCUT2D eigenvalue weighted by Gasteiger charge is 2.52. The molecule has 5 aliphatic heterocycles. The van der Waals surface area contributed by atoms with Gasteiger partial charge in [-0.25, -0.2) is 15.0 Å². The van der Waals surface area contributed by atoms with Gasteiger partial charge in [0.2, 0.25) is 29.5 Å². The third kappa shape index (κ3) is 15.5. The number of guanidine groups is 3. The monoisotopic (exact) mass is 1620 g/mol. The van der Waals surface area contributed by atoms with Crippen LogP contribution < -0.4 is 17.2 Å². The van der Waals surface area contributed by atoms with E-state index in [-0.39, 0.29) is 52.9 Å². The second-order valence-corrected chi connectivity index (χ2v) is 35.3. The maximum absolute atomic E-state index is 13.6. The molecule has 584 valence electrons. The average Bonchev–Trinajstić information content (AvgIpc) is 1.60. The summed E-state index contributed by atoms with van der Waals surface area (Å²) < 4.78 is 2.37. The van der Waals surface area contributed by atoms with E-state index in [2.05, 4.69) is 87.9 Å². The lowest BCUT2D eigenvalue weighted by atomic mass is 9.77. The van der Waals surface area contributed by atoms with Gasteiger partial charge in [0.25, 0.3) is 5.91 Å². The molecule has 0 radical (unpaired) electrons. The Labute approximate surface area is 688 Å². The van der Waals surface area contributed by atoms with Crippen LogP contribution in [-0.2, 0) is 52.4 Å². The van der Waals surface area contributed by atoms with E-state index in [4.69, 9.17) is 32.6 Å². The molecule has 5 aromatic heterocycles. The molecule has 0 saturated carbocycles. The van der Waals surface area contributed by atoms with Gasteiger partial charge in [-0.3, -0.25) is 53.8 Å². The van der Waals surface area contributed by atoms with Crippen LogP contribution in [0.1, 0.15) is 130 Å². The van der Waals surface area contributed by atoms with Gasteiger partial charge in [0, 0.05) is 97.8 Å². The van der Waals surface area contributed by atoms with Crippen molar-refractivity contribution in [3.05, 3.63) is 244 Å². The van der Waals surface area contributed by atoms with Gasteiger partial charge < -0.3 is 27.0 Å². The summed E-state index contributed by atoms with van der Waals surface area (Å²) in [5, 5.41) is 39.6. The zero-order valence-corrected chi connectivity index (χ0v) is 69.3. The molecule has 11 aromatic rings. The van der Waals surface area contributed by atoms with Crippen molar-refractivity contribution >= 4 is 136 Å². The third-order valence-corrected chi connectivity index (χ3v) is 28.3. The number of carbonyl (C=O) groups is 6. The molecule has 6 aliphatic rings. The lowest BCUT2D eigenvalue weighted by Crippen LogP contribution is -2.52. The summed E-state index contributed by atoms with van der Waals surface area (Å²) >= 11 is 8.17. The number of hydrogen-bond acceptors (Lipinski definition) is 20. The Kier molecular flexibility index (Phi) is 22.4. The molecule has 1 spiro atoms. The minimum absolute atomic E-state index is 0.0369. The quantitative estimate of drug-likeness (QED) is 0.0943. The molecule has 7 N–H and O–H groups in total. The number of amides is 6. The molecular formula is C89H87N15O6S5. The molecular weight excluding hydrogens is 1540 g/mol. The Bertz CT molecular complexity index is 5670. The lowest BCUT2D eigenvalue weighted by molar-refractivity contribution is -0.133. The fourth-order valence-electron chi connectivity index (χ4n) is 16.2. The highest BCUT2D eigenvalue weighted by Crippen LogP contribution is 2.51. The van der Waals surface area contributed by atoms with Crippen molar-refractivity contribution < 1.29 is 28.8 Å². The van der Waals surface area contributed by atoms with Gasteiger partial charge >= 0.3 is 0 Å². The molecule has 21 nitrogen and oxygen atoms in total. The number of fused-ring (bicyclic) bond motifs is 4. The number of nitrogens with zero attached hydrogens (tertiary/aromatic N) is 11. The van der Waals surface area contributed by atoms with Gasteiger partial charge in [0.15, 0.2) is 17.9 Å². The topological polar surface area (TPSA) is 308 Å². The third-order valence-electron chi connectivity index (χ3n) is 23.0. The van der Waals surface area contributed by atoms with Crippen LogP contribution in [0.2, 0.25) is 0 Å². The number of likely N-dealkylation sites (N-methyl/N-ethyl adjacent to an activating group) is 2. The zero-order chi connectivity index (χ0) is 81.6. The number of benzene rings is 6. The number of hydrogen-bond donors (Lipinski definition) is 4. The van der Waals surface area contributed by atoms with Crippen LogP contribution in [0, 0.1) is 34.0 Å². The van der Waals surface area contributed by atoms with Crippen LogP contribution in [0.3, 0.4) is 0 Å². The predicted molar refractivity (Wildman–Crippen MR) is 461 cm³/mol. The first kappa shape index (κ1) is 79.8. The van der Waals surface area contributed by atoms with Crippen LogP contribution >= 0.6 is 56.7 Å². The smallest absolute Gasteiger partial charge is 0.253 e. The summed E-state index contributed by atoms with van der Waals surface area (Å²) in [6.45, 7) is 9.44. The number of piperidine rings is 1. The number of nitriles is 2. The number of rotatable bonds is 11. The molecule has 2 saturated heterocycles. The number of aliphatic imine (C=N–C) groups is 3. The van der Waals surface area contributed by atoms with E-state index >= 15 is 0 Å². The zero-order valence-electron chi connectivity index (χ0n) is 65.2. The SMILES string of the molecule is CC(=O)N1CCC(CN2C(=N)CC(C)(c3cccc(-c4cccc(C(=O)N(C)C)c4)c3)C2=O)CC1.CN1C(=O)C[C@]2(CCc3ccsc32)N=C1N.CN1C(=O)[C@@H](c2ccc3sccc3c2)[C@@](C)(c2cc(-c3cccc(C#N)c3)cs2)N=C1N.CN1C(=O)[C@H](c2ccc3sccc3c2)[C@@](C)(c2cc(-c3cccc(C#N)c3)cs2)N=C1N. The van der Waals surface area contributed by atoms with E-state index in [0.717, 1.165) is 96.3 Å². The summed E-state index contributed by atoms with van der Waals surface area (Å²) in [6, 6.07) is 57.6. The van der Waals surface area contributed by atoms with Gasteiger partial charge in [0.1, 0.15) is 22.5 Å². The van der Waals surface area contributed by atoms with Crippen molar-refractivity contribution in [3.8, 4) is 45.5 Å². The van der Waals surface area contributed by atoms with Crippen molar-refractivity contribution in [1.82, 2.24) is 29.4 Å². The molecule has 115 heavy (non-hydrogen) atoms. The fourth-order valence-corrected chi connectivity index (χ4v) is 21.0. The summed E-state index contributed by atoms with van der Waals surface area (Å²) in [4.78, 5) is 103. The standard InChI is InChI=1S/C28H34N4O3.2C25H20N4OS2.C11H13N3OS/c1-19(33)31-13-11-20(12-14-31)18-32-25(29)17-28(2,27(32)35)24-10-6-8-22(16-24)21-7-5-9-23(15-21)26(34)30(3)4;2*1-25(21-12-19(14-32-21)16-5-3-4-15(10-16)13-26)22(23(30)29(2)24(27)28-25)18-6-7-20-17(11-18)8-9-31-20;1-14-8(15)6-11(13-10(14)12)4-2-7-3-5-16-9(7)11/h5-10,15-16,20,29H,11-14,17-18H2,1-4H3;2*3-12,14,22H,1-2H3,(H2,27,28);3,5H,2,4,6H2,1H3,(H2,12,13)/t;22-,25+;22-,25-;11-/m.010/s1. The van der Waals surface area contributed by atoms with E-state index in [1.54, 1.807) is 127 Å². The van der Waals surface area contributed by atoms with Crippen LogP contribution in [0.5, 0.6) is 0 Å². The summed E-state index contributed by atoms with van der Waals surface area (Å²) in [5.74, 6) is 0.344. The second-order valence-electron chi connectivity index (χ2n) is 30.7. The van der Waals surface area contributed by atoms with Crippen LogP contribution in [0.15, 0.2) is 206 Å². The first-order valence-electron chi connectivity index (χ1n) is 37.7. The molecule has 17 rings (SSSR count). The number of thiophene rings is 5. The second kappa shape index (κ2) is 32.2. The van der Waals surface area contributed by atoms with Crippen molar-refractivity contribution in [2.45, 2.75) is 100 Å². The Hall–Kier alpha value is -11.8. The predicted octanol–water partition coefficient (Wildman–Crippen LogP) is 15.4. The Balaban J connectivity index is 0.000000130. The van der Waals surface area contributed by atoms with Gasteiger partial charge in [-0.1, -0.05) is 72.8 Å². The van der Waals surface area contributed by atoms with Gasteiger partial charge in [0.05, 0.1) is 46.9 Å². The van der Waals surface area contributed by atoms with Crippen molar-refractivity contribution in [2.75, 3.05) is 54.9 Å². The van der Waals surface area contributed by atoms with Gasteiger partial charge in [-0.05, 0) is 237 Å². The number of carbonyl (C=O) groups excluding carboxylic acids is 6. The highest BCUT2D eigenvalue weighted by molar-refractivity contribution is 7.17. The molecule has 0 bridgehead atoms. The van der Waals surface area contributed by atoms with Crippen molar-refractivity contribution in [1.29, 1.82) is 15.9 Å². The van der Waals surface area contributed by atoms with Crippen LogP contribution in [0.4, 0.5) is 0 Å².